The molecule has 0 aliphatic carbocycles. The SMILES string of the molecule is CC(C)(C)OC(=O)C(S)c1ccc(C2=NSC(c3cc(Cl)cc(Cl)c3)(C(F)(F)F)C2)cc1Br. The second-order valence-electron chi connectivity index (χ2n) is 8.46. The van der Waals surface area contributed by atoms with E-state index in [2.05, 4.69) is 33.0 Å². The molecule has 0 bridgehead atoms. The minimum atomic E-state index is -4.61. The molecule has 178 valence electrons. The Kier molecular flexibility index (Phi) is 7.81. The average Bonchev–Trinajstić information content (AvgIpc) is 3.12. The van der Waals surface area contributed by atoms with E-state index >= 15 is 0 Å². The Balaban J connectivity index is 1.91. The molecule has 1 heterocycles. The molecule has 1 aliphatic heterocycles. The van der Waals surface area contributed by atoms with Crippen LogP contribution in [0, 0.1) is 0 Å². The third-order valence-electron chi connectivity index (χ3n) is 4.77. The highest BCUT2D eigenvalue weighted by Crippen LogP contribution is 2.57. The standard InChI is InChI=1S/C22H19BrCl2F3NO2S2/c1-20(2,3)31-19(30)18(32)15-5-4-11(6-16(15)23)17-10-21(33-29-17,22(26,27)28)12-7-13(24)9-14(25)8-12/h4-9,18,32H,10H2,1-3H3. The van der Waals surface area contributed by atoms with Crippen LogP contribution in [0.15, 0.2) is 45.3 Å². The van der Waals surface area contributed by atoms with Gasteiger partial charge in [0.1, 0.15) is 10.9 Å². The fourth-order valence-corrected chi connectivity index (χ4v) is 5.81. The van der Waals surface area contributed by atoms with Crippen LogP contribution in [0.1, 0.15) is 49.1 Å². The summed E-state index contributed by atoms with van der Waals surface area (Å²) in [6.45, 7) is 5.25. The Hall–Kier alpha value is -0.870. The minimum absolute atomic E-state index is 0.0627. The van der Waals surface area contributed by atoms with Crippen molar-refractivity contribution < 1.29 is 22.7 Å². The maximum absolute atomic E-state index is 14.3. The molecule has 11 heteroatoms. The normalized spacial score (nSPS) is 19.9. The molecule has 0 aromatic heterocycles. The number of esters is 1. The van der Waals surface area contributed by atoms with Gasteiger partial charge >= 0.3 is 12.1 Å². The Labute approximate surface area is 218 Å². The highest BCUT2D eigenvalue weighted by atomic mass is 79.9. The van der Waals surface area contributed by atoms with Gasteiger partial charge in [0, 0.05) is 20.9 Å². The average molecular weight is 601 g/mol. The topological polar surface area (TPSA) is 38.7 Å². The van der Waals surface area contributed by atoms with Crippen molar-refractivity contribution in [1.29, 1.82) is 0 Å². The van der Waals surface area contributed by atoms with Crippen molar-refractivity contribution in [3.8, 4) is 0 Å². The van der Waals surface area contributed by atoms with Gasteiger partial charge in [-0.25, -0.2) is 4.40 Å². The number of ether oxygens (including phenoxy) is 1. The third kappa shape index (κ3) is 5.86. The molecule has 0 spiro atoms. The van der Waals surface area contributed by atoms with Gasteiger partial charge in [0.25, 0.3) is 0 Å². The Morgan fingerprint density at radius 3 is 2.30 bits per heavy atom. The molecule has 0 radical (unpaired) electrons. The van der Waals surface area contributed by atoms with Gasteiger partial charge in [-0.15, -0.1) is 0 Å². The van der Waals surface area contributed by atoms with Crippen molar-refractivity contribution in [2.45, 2.75) is 49.0 Å². The zero-order valence-electron chi connectivity index (χ0n) is 17.6. The smallest absolute Gasteiger partial charge is 0.409 e. The Morgan fingerprint density at radius 2 is 1.79 bits per heavy atom. The highest BCUT2D eigenvalue weighted by molar-refractivity contribution is 9.10. The molecule has 0 fully saturated rings. The number of halogens is 6. The van der Waals surface area contributed by atoms with Crippen LogP contribution >= 0.6 is 63.7 Å². The monoisotopic (exact) mass is 599 g/mol. The fraction of sp³-hybridized carbons (Fsp3) is 0.364. The highest BCUT2D eigenvalue weighted by Gasteiger charge is 2.60. The lowest BCUT2D eigenvalue weighted by Gasteiger charge is -2.30. The molecular weight excluding hydrogens is 582 g/mol. The number of nitrogens with zero attached hydrogens (tertiary/aromatic N) is 1. The van der Waals surface area contributed by atoms with Crippen molar-refractivity contribution in [3.63, 3.8) is 0 Å². The summed E-state index contributed by atoms with van der Waals surface area (Å²) in [5.74, 6) is -0.526. The van der Waals surface area contributed by atoms with Crippen LogP contribution < -0.4 is 0 Å². The van der Waals surface area contributed by atoms with Gasteiger partial charge in [-0.3, -0.25) is 4.79 Å². The van der Waals surface area contributed by atoms with Crippen molar-refractivity contribution in [2.75, 3.05) is 0 Å². The molecule has 2 aromatic carbocycles. The molecule has 33 heavy (non-hydrogen) atoms. The van der Waals surface area contributed by atoms with Crippen molar-refractivity contribution >= 4 is 75.4 Å². The largest absolute Gasteiger partial charge is 0.459 e. The van der Waals surface area contributed by atoms with Gasteiger partial charge in [0.15, 0.2) is 4.75 Å². The molecule has 3 nitrogen and oxygen atoms in total. The first-order chi connectivity index (χ1) is 15.1. The van der Waals surface area contributed by atoms with E-state index in [4.69, 9.17) is 27.9 Å². The van der Waals surface area contributed by atoms with Crippen LogP contribution in [-0.2, 0) is 14.3 Å². The number of hydrogen-bond donors (Lipinski definition) is 1. The Bertz CT molecular complexity index is 1100. The predicted octanol–water partition coefficient (Wildman–Crippen LogP) is 8.37. The van der Waals surface area contributed by atoms with Crippen LogP contribution in [0.5, 0.6) is 0 Å². The lowest BCUT2D eigenvalue weighted by atomic mass is 9.89. The number of hydrogen-bond acceptors (Lipinski definition) is 5. The number of carbonyl (C=O) groups is 1. The summed E-state index contributed by atoms with van der Waals surface area (Å²) in [5, 5.41) is -0.635. The van der Waals surface area contributed by atoms with Gasteiger partial charge in [0.05, 0.1) is 5.71 Å². The summed E-state index contributed by atoms with van der Waals surface area (Å²) in [5.41, 5.74) is 0.541. The molecule has 0 N–H and O–H groups in total. The van der Waals surface area contributed by atoms with E-state index in [1.807, 2.05) is 0 Å². The molecule has 1 aliphatic rings. The van der Waals surface area contributed by atoms with Gasteiger partial charge in [-0.05, 0) is 73.7 Å². The summed E-state index contributed by atoms with van der Waals surface area (Å²) in [7, 11) is 0. The molecule has 0 saturated heterocycles. The zero-order valence-corrected chi connectivity index (χ0v) is 22.4. The first-order valence-corrected chi connectivity index (χ1v) is 12.5. The van der Waals surface area contributed by atoms with Gasteiger partial charge in [0.2, 0.25) is 0 Å². The van der Waals surface area contributed by atoms with E-state index < -0.39 is 34.2 Å². The Morgan fingerprint density at radius 1 is 1.18 bits per heavy atom. The number of alkyl halides is 3. The second kappa shape index (κ2) is 9.64. The summed E-state index contributed by atoms with van der Waals surface area (Å²) in [6, 6.07) is 8.77. The maximum Gasteiger partial charge on any atom is 0.409 e. The molecule has 0 saturated carbocycles. The van der Waals surface area contributed by atoms with Crippen molar-refractivity contribution in [3.05, 3.63) is 67.6 Å². The van der Waals surface area contributed by atoms with Crippen LogP contribution in [0.25, 0.3) is 0 Å². The lowest BCUT2D eigenvalue weighted by Crippen LogP contribution is -2.38. The number of benzene rings is 2. The van der Waals surface area contributed by atoms with Crippen LogP contribution in [0.2, 0.25) is 10.0 Å². The van der Waals surface area contributed by atoms with Crippen LogP contribution in [0.4, 0.5) is 13.2 Å². The van der Waals surface area contributed by atoms with Crippen LogP contribution in [0.3, 0.4) is 0 Å². The molecule has 3 rings (SSSR count). The summed E-state index contributed by atoms with van der Waals surface area (Å²) >= 11 is 20.2. The number of rotatable bonds is 4. The van der Waals surface area contributed by atoms with Gasteiger partial charge in [-0.1, -0.05) is 51.3 Å². The molecule has 2 atom stereocenters. The molecule has 0 amide bonds. The van der Waals surface area contributed by atoms with E-state index in [1.54, 1.807) is 39.0 Å². The van der Waals surface area contributed by atoms with Crippen molar-refractivity contribution in [2.24, 2.45) is 4.40 Å². The predicted molar refractivity (Wildman–Crippen MR) is 135 cm³/mol. The first-order valence-electron chi connectivity index (χ1n) is 9.62. The molecule has 2 unspecified atom stereocenters. The summed E-state index contributed by atoms with van der Waals surface area (Å²) in [4.78, 5) is 12.4. The zero-order chi connectivity index (χ0) is 24.8. The van der Waals surface area contributed by atoms with E-state index in [9.17, 15) is 18.0 Å². The second-order valence-corrected chi connectivity index (χ2v) is 11.8. The molecule has 2 aromatic rings. The quantitative estimate of drug-likeness (QED) is 0.218. The van der Waals surface area contributed by atoms with Crippen molar-refractivity contribution in [1.82, 2.24) is 0 Å². The van der Waals surface area contributed by atoms with E-state index in [0.717, 1.165) is 0 Å². The van der Waals surface area contributed by atoms with Crippen LogP contribution in [-0.4, -0.2) is 23.5 Å². The van der Waals surface area contributed by atoms with Gasteiger partial charge < -0.3 is 4.74 Å². The third-order valence-corrected chi connectivity index (χ3v) is 7.62. The van der Waals surface area contributed by atoms with E-state index in [0.29, 0.717) is 27.5 Å². The van der Waals surface area contributed by atoms with E-state index in [-0.39, 0.29) is 21.3 Å². The number of carbonyl (C=O) groups excluding carboxylic acids is 1. The van der Waals surface area contributed by atoms with Gasteiger partial charge in [-0.2, -0.15) is 25.8 Å². The van der Waals surface area contributed by atoms with E-state index in [1.165, 1.54) is 18.2 Å². The summed E-state index contributed by atoms with van der Waals surface area (Å²) in [6.07, 6.45) is -5.01. The lowest BCUT2D eigenvalue weighted by molar-refractivity contribution is -0.160. The molecular formula is C22H19BrCl2F3NO2S2. The first kappa shape index (κ1) is 26.7. The fourth-order valence-electron chi connectivity index (χ4n) is 3.26. The minimum Gasteiger partial charge on any atom is -0.459 e. The number of thiol groups is 1. The maximum atomic E-state index is 14.3. The summed E-state index contributed by atoms with van der Waals surface area (Å²) < 4.78 is 50.5.